The average molecular weight is 230 g/mol. The van der Waals surface area contributed by atoms with E-state index in [1.807, 2.05) is 0 Å². The maximum Gasteiger partial charge on any atom is 0.161 e. The normalized spacial score (nSPS) is 20.1. The molecule has 3 nitrogen and oxygen atoms in total. The Morgan fingerprint density at radius 1 is 1.29 bits per heavy atom. The second-order valence-corrected chi connectivity index (χ2v) is 4.68. The van der Waals surface area contributed by atoms with E-state index in [9.17, 15) is 0 Å². The molecule has 17 heavy (non-hydrogen) atoms. The van der Waals surface area contributed by atoms with E-state index in [2.05, 4.69) is 43.9 Å². The molecule has 0 aromatic heterocycles. The van der Waals surface area contributed by atoms with Crippen molar-refractivity contribution in [2.75, 3.05) is 24.6 Å². The molecular weight excluding hydrogens is 212 g/mol. The molecule has 1 fully saturated rings. The van der Waals surface area contributed by atoms with E-state index < -0.39 is 0 Å². The van der Waals surface area contributed by atoms with Crippen LogP contribution in [0.15, 0.2) is 12.1 Å². The zero-order valence-corrected chi connectivity index (χ0v) is 10.7. The van der Waals surface area contributed by atoms with Gasteiger partial charge >= 0.3 is 0 Å². The van der Waals surface area contributed by atoms with Crippen LogP contribution in [0.1, 0.15) is 16.7 Å². The molecule has 0 N–H and O–H groups in total. The molecule has 0 spiro atoms. The van der Waals surface area contributed by atoms with E-state index in [-0.39, 0.29) is 6.10 Å². The molecule has 2 rings (SSSR count). The third kappa shape index (κ3) is 2.42. The Morgan fingerprint density at radius 2 is 1.94 bits per heavy atom. The van der Waals surface area contributed by atoms with Crippen LogP contribution in [0.5, 0.6) is 0 Å². The first-order valence-electron chi connectivity index (χ1n) is 5.96. The molecular formula is C14H18N2O. The highest BCUT2D eigenvalue weighted by Crippen LogP contribution is 2.27. The molecule has 0 bridgehead atoms. The largest absolute Gasteiger partial charge is 0.365 e. The molecule has 90 valence electrons. The fourth-order valence-corrected chi connectivity index (χ4v) is 2.60. The van der Waals surface area contributed by atoms with Gasteiger partial charge in [0.1, 0.15) is 0 Å². The van der Waals surface area contributed by atoms with Crippen LogP contribution < -0.4 is 4.90 Å². The first-order valence-corrected chi connectivity index (χ1v) is 5.96. The van der Waals surface area contributed by atoms with Crippen molar-refractivity contribution in [3.8, 4) is 6.07 Å². The summed E-state index contributed by atoms with van der Waals surface area (Å²) in [4.78, 5) is 2.27. The standard InChI is InChI=1S/C14H18N2O/c1-10-6-11(2)14(12(3)7-10)16-4-5-17-13(8-15)9-16/h6-7,13H,4-5,9H2,1-3H3. The molecule has 0 radical (unpaired) electrons. The highest BCUT2D eigenvalue weighted by Gasteiger charge is 2.22. The zero-order chi connectivity index (χ0) is 12.4. The van der Waals surface area contributed by atoms with Crippen molar-refractivity contribution in [1.29, 1.82) is 5.26 Å². The van der Waals surface area contributed by atoms with Crippen LogP contribution in [0.3, 0.4) is 0 Å². The quantitative estimate of drug-likeness (QED) is 0.743. The van der Waals surface area contributed by atoms with Gasteiger partial charge in [0.05, 0.1) is 19.2 Å². The smallest absolute Gasteiger partial charge is 0.161 e. The number of rotatable bonds is 1. The van der Waals surface area contributed by atoms with E-state index in [4.69, 9.17) is 10.00 Å². The van der Waals surface area contributed by atoms with Gasteiger partial charge in [0.15, 0.2) is 6.10 Å². The molecule has 3 heteroatoms. The molecule has 1 aliphatic heterocycles. The first kappa shape index (κ1) is 11.9. The SMILES string of the molecule is Cc1cc(C)c(N2CCOC(C#N)C2)c(C)c1. The zero-order valence-electron chi connectivity index (χ0n) is 10.7. The summed E-state index contributed by atoms with van der Waals surface area (Å²) in [5, 5.41) is 8.94. The lowest BCUT2D eigenvalue weighted by Gasteiger charge is -2.34. The van der Waals surface area contributed by atoms with Gasteiger partial charge < -0.3 is 9.64 Å². The molecule has 0 amide bonds. The van der Waals surface area contributed by atoms with Crippen LogP contribution in [-0.2, 0) is 4.74 Å². The Bertz CT molecular complexity index is 439. The summed E-state index contributed by atoms with van der Waals surface area (Å²) in [6.07, 6.45) is -0.302. The van der Waals surface area contributed by atoms with Crippen molar-refractivity contribution in [2.24, 2.45) is 0 Å². The Morgan fingerprint density at radius 3 is 2.53 bits per heavy atom. The molecule has 1 aromatic carbocycles. The number of morpholine rings is 1. The highest BCUT2D eigenvalue weighted by atomic mass is 16.5. The predicted octanol–water partition coefficient (Wildman–Crippen LogP) is 2.34. The van der Waals surface area contributed by atoms with Crippen LogP contribution in [-0.4, -0.2) is 25.8 Å². The summed E-state index contributed by atoms with van der Waals surface area (Å²) < 4.78 is 5.38. The van der Waals surface area contributed by atoms with E-state index in [1.165, 1.54) is 22.4 Å². The summed E-state index contributed by atoms with van der Waals surface area (Å²) in [6, 6.07) is 6.58. The lowest BCUT2D eigenvalue weighted by molar-refractivity contribution is 0.0764. The van der Waals surface area contributed by atoms with E-state index >= 15 is 0 Å². The molecule has 1 aliphatic rings. The maximum atomic E-state index is 8.94. The molecule has 1 unspecified atom stereocenters. The van der Waals surface area contributed by atoms with Gasteiger partial charge in [-0.25, -0.2) is 0 Å². The van der Waals surface area contributed by atoms with Crippen LogP contribution in [0, 0.1) is 32.1 Å². The van der Waals surface area contributed by atoms with Crippen molar-refractivity contribution in [2.45, 2.75) is 26.9 Å². The minimum atomic E-state index is -0.302. The maximum absolute atomic E-state index is 8.94. The van der Waals surface area contributed by atoms with Gasteiger partial charge in [-0.2, -0.15) is 5.26 Å². The Labute approximate surface area is 103 Å². The molecule has 1 atom stereocenters. The predicted molar refractivity (Wildman–Crippen MR) is 68.2 cm³/mol. The van der Waals surface area contributed by atoms with Crippen LogP contribution >= 0.6 is 0 Å². The topological polar surface area (TPSA) is 36.3 Å². The summed E-state index contributed by atoms with van der Waals surface area (Å²) in [5.41, 5.74) is 5.11. The third-order valence-electron chi connectivity index (χ3n) is 3.16. The Hall–Kier alpha value is -1.53. The van der Waals surface area contributed by atoms with Gasteiger partial charge in [-0.3, -0.25) is 0 Å². The third-order valence-corrected chi connectivity index (χ3v) is 3.16. The fraction of sp³-hybridized carbons (Fsp3) is 0.500. The number of aryl methyl sites for hydroxylation is 3. The van der Waals surface area contributed by atoms with E-state index in [0.29, 0.717) is 13.2 Å². The van der Waals surface area contributed by atoms with E-state index in [0.717, 1.165) is 6.54 Å². The van der Waals surface area contributed by atoms with Gasteiger partial charge in [-0.15, -0.1) is 0 Å². The molecule has 1 saturated heterocycles. The van der Waals surface area contributed by atoms with Crippen molar-refractivity contribution in [1.82, 2.24) is 0 Å². The molecule has 1 heterocycles. The number of hydrogen-bond acceptors (Lipinski definition) is 3. The van der Waals surface area contributed by atoms with Crippen LogP contribution in [0.4, 0.5) is 5.69 Å². The molecule has 1 aromatic rings. The first-order chi connectivity index (χ1) is 8.11. The number of ether oxygens (including phenoxy) is 1. The van der Waals surface area contributed by atoms with Crippen molar-refractivity contribution in [3.05, 3.63) is 28.8 Å². The second kappa shape index (κ2) is 4.77. The van der Waals surface area contributed by atoms with Crippen molar-refractivity contribution in [3.63, 3.8) is 0 Å². The van der Waals surface area contributed by atoms with E-state index in [1.54, 1.807) is 0 Å². The van der Waals surface area contributed by atoms with Gasteiger partial charge in [-0.1, -0.05) is 17.7 Å². The van der Waals surface area contributed by atoms with Crippen LogP contribution in [0.2, 0.25) is 0 Å². The number of anilines is 1. The summed E-state index contributed by atoms with van der Waals surface area (Å²) in [6.45, 7) is 8.54. The summed E-state index contributed by atoms with van der Waals surface area (Å²) in [7, 11) is 0. The van der Waals surface area contributed by atoms with Crippen molar-refractivity contribution >= 4 is 5.69 Å². The highest BCUT2D eigenvalue weighted by molar-refractivity contribution is 5.60. The van der Waals surface area contributed by atoms with Gasteiger partial charge in [0.25, 0.3) is 0 Å². The van der Waals surface area contributed by atoms with Crippen molar-refractivity contribution < 1.29 is 4.74 Å². The Balaban J connectivity index is 2.31. The molecule has 0 aliphatic carbocycles. The number of hydrogen-bond donors (Lipinski definition) is 0. The second-order valence-electron chi connectivity index (χ2n) is 4.68. The number of nitrogens with zero attached hydrogens (tertiary/aromatic N) is 2. The monoisotopic (exact) mass is 230 g/mol. The minimum absolute atomic E-state index is 0.302. The average Bonchev–Trinajstić information content (AvgIpc) is 2.28. The Kier molecular flexibility index (Phi) is 3.35. The van der Waals surface area contributed by atoms with Gasteiger partial charge in [-0.05, 0) is 31.9 Å². The minimum Gasteiger partial charge on any atom is -0.365 e. The van der Waals surface area contributed by atoms with Crippen LogP contribution in [0.25, 0.3) is 0 Å². The lowest BCUT2D eigenvalue weighted by Crippen LogP contribution is -2.42. The van der Waals surface area contributed by atoms with Gasteiger partial charge in [0, 0.05) is 12.2 Å². The fourth-order valence-electron chi connectivity index (χ4n) is 2.60. The lowest BCUT2D eigenvalue weighted by atomic mass is 10.0. The number of benzene rings is 1. The van der Waals surface area contributed by atoms with Gasteiger partial charge in [0.2, 0.25) is 0 Å². The molecule has 0 saturated carbocycles. The summed E-state index contributed by atoms with van der Waals surface area (Å²) >= 11 is 0. The summed E-state index contributed by atoms with van der Waals surface area (Å²) in [5.74, 6) is 0. The number of nitriles is 1.